The third-order valence-corrected chi connectivity index (χ3v) is 5.67. The molecule has 1 atom stereocenters. The number of hydrogen-bond acceptors (Lipinski definition) is 1. The largest absolute Gasteiger partial charge is 0.261 e. The van der Waals surface area contributed by atoms with Gasteiger partial charge in [0.25, 0.3) is 0 Å². The summed E-state index contributed by atoms with van der Waals surface area (Å²) >= 11 is 3.93. The van der Waals surface area contributed by atoms with Crippen LogP contribution >= 0.6 is 15.9 Å². The van der Waals surface area contributed by atoms with Crippen LogP contribution < -0.4 is 0 Å². The van der Waals surface area contributed by atoms with Gasteiger partial charge in [-0.2, -0.15) is 0 Å². The summed E-state index contributed by atoms with van der Waals surface area (Å²) in [4.78, 5) is 5.07. The van der Waals surface area contributed by atoms with Crippen molar-refractivity contribution in [2.24, 2.45) is 5.41 Å². The van der Waals surface area contributed by atoms with Crippen LogP contribution in [0.5, 0.6) is 0 Å². The number of hydrogen-bond donors (Lipinski definition) is 0. The molecule has 0 amide bonds. The van der Waals surface area contributed by atoms with E-state index in [1.807, 2.05) is 12.3 Å². The Bertz CT molecular complexity index is 369. The lowest BCUT2D eigenvalue weighted by molar-refractivity contribution is 0.210. The molecule has 1 fully saturated rings. The lowest BCUT2D eigenvalue weighted by Crippen LogP contribution is -2.32. The van der Waals surface area contributed by atoms with E-state index in [0.717, 1.165) is 6.42 Å². The highest BCUT2D eigenvalue weighted by atomic mass is 79.9. The molecule has 0 spiro atoms. The summed E-state index contributed by atoms with van der Waals surface area (Å²) in [7, 11) is 0. The molecule has 94 valence electrons. The highest BCUT2D eigenvalue weighted by Crippen LogP contribution is 2.43. The van der Waals surface area contributed by atoms with Crippen LogP contribution in [0.1, 0.15) is 50.3 Å². The maximum absolute atomic E-state index is 4.51. The molecule has 0 radical (unpaired) electrons. The van der Waals surface area contributed by atoms with E-state index in [1.165, 1.54) is 43.4 Å². The Kier molecular flexibility index (Phi) is 4.24. The normalized spacial score (nSPS) is 21.1. The fourth-order valence-corrected chi connectivity index (χ4v) is 3.59. The van der Waals surface area contributed by atoms with Gasteiger partial charge in [0.05, 0.1) is 0 Å². The Labute approximate surface area is 113 Å². The fraction of sp³-hybridized carbons (Fsp3) is 0.667. The van der Waals surface area contributed by atoms with Gasteiger partial charge in [-0.1, -0.05) is 48.2 Å². The molecule has 1 nitrogen and oxygen atoms in total. The zero-order valence-corrected chi connectivity index (χ0v) is 12.5. The molecule has 0 aromatic carbocycles. The summed E-state index contributed by atoms with van der Waals surface area (Å²) in [6.07, 6.45) is 9.87. The van der Waals surface area contributed by atoms with Gasteiger partial charge in [0.15, 0.2) is 0 Å². The van der Waals surface area contributed by atoms with Crippen LogP contribution in [-0.4, -0.2) is 9.81 Å². The predicted octanol–water partition coefficient (Wildman–Crippen LogP) is 4.67. The van der Waals surface area contributed by atoms with Crippen molar-refractivity contribution in [1.29, 1.82) is 0 Å². The summed E-state index contributed by atoms with van der Waals surface area (Å²) < 4.78 is 0. The molecule has 1 heterocycles. The van der Waals surface area contributed by atoms with Gasteiger partial charge < -0.3 is 0 Å². The number of rotatable bonds is 3. The molecule has 1 aromatic heterocycles. The zero-order valence-electron chi connectivity index (χ0n) is 10.9. The van der Waals surface area contributed by atoms with Crippen molar-refractivity contribution in [3.63, 3.8) is 0 Å². The Hall–Kier alpha value is -0.370. The number of pyridine rings is 1. The van der Waals surface area contributed by atoms with E-state index in [4.69, 9.17) is 0 Å². The van der Waals surface area contributed by atoms with Crippen LogP contribution in [0.2, 0.25) is 0 Å². The number of alkyl halides is 1. The van der Waals surface area contributed by atoms with Gasteiger partial charge in [0, 0.05) is 23.1 Å². The third kappa shape index (κ3) is 3.09. The summed E-state index contributed by atoms with van der Waals surface area (Å²) in [5.74, 6) is 0. The monoisotopic (exact) mass is 295 g/mol. The van der Waals surface area contributed by atoms with Crippen LogP contribution in [0.15, 0.2) is 18.3 Å². The van der Waals surface area contributed by atoms with E-state index in [1.54, 1.807) is 0 Å². The van der Waals surface area contributed by atoms with E-state index in [0.29, 0.717) is 10.2 Å². The molecule has 2 heteroatoms. The minimum atomic E-state index is 0.461. The minimum Gasteiger partial charge on any atom is -0.261 e. The Morgan fingerprint density at radius 2 is 2.06 bits per heavy atom. The SMILES string of the molecule is Cc1cccnc1CC(Br)C1(C)CCCCC1. The van der Waals surface area contributed by atoms with Crippen LogP contribution in [0.25, 0.3) is 0 Å². The third-order valence-electron chi connectivity index (χ3n) is 4.24. The predicted molar refractivity (Wildman–Crippen MR) is 76.6 cm³/mol. The molecule has 17 heavy (non-hydrogen) atoms. The number of nitrogens with zero attached hydrogens (tertiary/aromatic N) is 1. The van der Waals surface area contributed by atoms with Crippen LogP contribution in [0, 0.1) is 12.3 Å². The average molecular weight is 296 g/mol. The Morgan fingerprint density at radius 1 is 1.35 bits per heavy atom. The lowest BCUT2D eigenvalue weighted by Gasteiger charge is -2.38. The van der Waals surface area contributed by atoms with Gasteiger partial charge in [-0.15, -0.1) is 0 Å². The van der Waals surface area contributed by atoms with Gasteiger partial charge in [-0.05, 0) is 36.8 Å². The first-order valence-corrected chi connectivity index (χ1v) is 7.58. The molecule has 0 saturated heterocycles. The maximum atomic E-state index is 4.51. The van der Waals surface area contributed by atoms with E-state index in [2.05, 4.69) is 40.8 Å². The number of aromatic nitrogens is 1. The number of halogens is 1. The average Bonchev–Trinajstić information content (AvgIpc) is 2.33. The second-order valence-corrected chi connectivity index (χ2v) is 6.76. The summed E-state index contributed by atoms with van der Waals surface area (Å²) in [6.45, 7) is 4.59. The summed E-state index contributed by atoms with van der Waals surface area (Å²) in [6, 6.07) is 4.18. The van der Waals surface area contributed by atoms with Crippen LogP contribution in [0.3, 0.4) is 0 Å². The quantitative estimate of drug-likeness (QED) is 0.739. The first-order chi connectivity index (χ1) is 8.12. The van der Waals surface area contributed by atoms with Gasteiger partial charge in [-0.25, -0.2) is 0 Å². The molecule has 1 aromatic rings. The van der Waals surface area contributed by atoms with Gasteiger partial charge in [-0.3, -0.25) is 4.98 Å². The van der Waals surface area contributed by atoms with E-state index < -0.39 is 0 Å². The van der Waals surface area contributed by atoms with E-state index in [9.17, 15) is 0 Å². The minimum absolute atomic E-state index is 0.461. The molecule has 1 aliphatic carbocycles. The molecule has 1 unspecified atom stereocenters. The molecule has 0 N–H and O–H groups in total. The van der Waals surface area contributed by atoms with Crippen molar-refractivity contribution in [2.45, 2.75) is 57.2 Å². The Balaban J connectivity index is 2.05. The molecule has 1 saturated carbocycles. The standard InChI is InChI=1S/C15H22BrN/c1-12-7-6-10-17-13(12)11-14(16)15(2)8-4-3-5-9-15/h6-7,10,14H,3-5,8-9,11H2,1-2H3. The van der Waals surface area contributed by atoms with Crippen molar-refractivity contribution in [2.75, 3.05) is 0 Å². The molecule has 2 rings (SSSR count). The molecular formula is C15H22BrN. The maximum Gasteiger partial charge on any atom is 0.0444 e. The van der Waals surface area contributed by atoms with E-state index >= 15 is 0 Å². The van der Waals surface area contributed by atoms with Crippen LogP contribution in [0.4, 0.5) is 0 Å². The fourth-order valence-electron chi connectivity index (χ4n) is 2.82. The highest BCUT2D eigenvalue weighted by molar-refractivity contribution is 9.09. The molecule has 1 aliphatic rings. The van der Waals surface area contributed by atoms with Crippen molar-refractivity contribution in [3.05, 3.63) is 29.6 Å². The van der Waals surface area contributed by atoms with Crippen molar-refractivity contribution >= 4 is 15.9 Å². The van der Waals surface area contributed by atoms with Gasteiger partial charge in [0.1, 0.15) is 0 Å². The van der Waals surface area contributed by atoms with Crippen molar-refractivity contribution in [3.8, 4) is 0 Å². The first kappa shape index (κ1) is 13.1. The first-order valence-electron chi connectivity index (χ1n) is 6.66. The van der Waals surface area contributed by atoms with Gasteiger partial charge in [0.2, 0.25) is 0 Å². The van der Waals surface area contributed by atoms with Crippen molar-refractivity contribution in [1.82, 2.24) is 4.98 Å². The molecular weight excluding hydrogens is 274 g/mol. The smallest absolute Gasteiger partial charge is 0.0444 e. The molecule has 0 bridgehead atoms. The van der Waals surface area contributed by atoms with Crippen molar-refractivity contribution < 1.29 is 0 Å². The van der Waals surface area contributed by atoms with Crippen LogP contribution in [-0.2, 0) is 6.42 Å². The summed E-state index contributed by atoms with van der Waals surface area (Å²) in [5, 5.41) is 0. The lowest BCUT2D eigenvalue weighted by atomic mass is 9.72. The summed E-state index contributed by atoms with van der Waals surface area (Å²) in [5.41, 5.74) is 3.03. The van der Waals surface area contributed by atoms with Gasteiger partial charge >= 0.3 is 0 Å². The highest BCUT2D eigenvalue weighted by Gasteiger charge is 2.34. The Morgan fingerprint density at radius 3 is 2.71 bits per heavy atom. The van der Waals surface area contributed by atoms with E-state index in [-0.39, 0.29) is 0 Å². The molecule has 0 aliphatic heterocycles. The topological polar surface area (TPSA) is 12.9 Å². The second kappa shape index (κ2) is 5.51. The second-order valence-electron chi connectivity index (χ2n) is 5.65. The zero-order chi connectivity index (χ0) is 12.3. The number of aryl methyl sites for hydroxylation is 1.